The number of aryl methyl sites for hydroxylation is 1. The summed E-state index contributed by atoms with van der Waals surface area (Å²) in [4.78, 5) is 21.0. The minimum Gasteiger partial charge on any atom is -0.265 e. The third-order valence-corrected chi connectivity index (χ3v) is 3.92. The molecule has 4 rings (SSSR count). The van der Waals surface area contributed by atoms with Gasteiger partial charge in [-0.05, 0) is 24.1 Å². The van der Waals surface area contributed by atoms with E-state index in [-0.39, 0.29) is 5.56 Å². The van der Waals surface area contributed by atoms with Crippen molar-refractivity contribution in [3.63, 3.8) is 0 Å². The van der Waals surface area contributed by atoms with E-state index in [0.29, 0.717) is 11.3 Å². The fourth-order valence-corrected chi connectivity index (χ4v) is 2.63. The first-order chi connectivity index (χ1) is 11.3. The number of nitrogens with zero attached hydrogens (tertiary/aromatic N) is 4. The summed E-state index contributed by atoms with van der Waals surface area (Å²) in [6.45, 7) is 2.09. The highest BCUT2D eigenvalue weighted by atomic mass is 16.1. The van der Waals surface area contributed by atoms with Gasteiger partial charge in [0.2, 0.25) is 0 Å². The molecule has 2 heterocycles. The summed E-state index contributed by atoms with van der Waals surface area (Å²) in [5, 5.41) is 5.24. The van der Waals surface area contributed by atoms with Crippen LogP contribution in [-0.2, 0) is 6.42 Å². The lowest BCUT2D eigenvalue weighted by Crippen LogP contribution is -2.16. The molecule has 0 N–H and O–H groups in total. The van der Waals surface area contributed by atoms with E-state index in [1.54, 1.807) is 10.8 Å². The van der Waals surface area contributed by atoms with Crippen molar-refractivity contribution in [2.45, 2.75) is 13.3 Å². The van der Waals surface area contributed by atoms with Crippen molar-refractivity contribution in [2.24, 2.45) is 0 Å². The Morgan fingerprint density at radius 2 is 1.83 bits per heavy atom. The molecule has 0 aliphatic carbocycles. The Morgan fingerprint density at radius 3 is 2.61 bits per heavy atom. The summed E-state index contributed by atoms with van der Waals surface area (Å²) in [7, 11) is 0. The maximum atomic E-state index is 12.4. The molecule has 23 heavy (non-hydrogen) atoms. The molecule has 0 spiro atoms. The first-order valence-electron chi connectivity index (χ1n) is 7.50. The van der Waals surface area contributed by atoms with E-state index in [2.05, 4.69) is 22.0 Å². The fourth-order valence-electron chi connectivity index (χ4n) is 2.63. The molecule has 5 nitrogen and oxygen atoms in total. The number of benzene rings is 2. The van der Waals surface area contributed by atoms with Gasteiger partial charge in [-0.1, -0.05) is 43.3 Å². The molecule has 0 saturated heterocycles. The van der Waals surface area contributed by atoms with Crippen molar-refractivity contribution in [1.82, 2.24) is 19.6 Å². The summed E-state index contributed by atoms with van der Waals surface area (Å²) in [6, 6.07) is 15.4. The second kappa shape index (κ2) is 5.28. The third kappa shape index (κ3) is 2.26. The van der Waals surface area contributed by atoms with Gasteiger partial charge in [0.15, 0.2) is 11.3 Å². The van der Waals surface area contributed by atoms with Gasteiger partial charge in [-0.25, -0.2) is 9.50 Å². The standard InChI is InChI=1S/C18H14N4O/c1-2-12-7-9-13(10-8-12)16-18(23)20-17-14-5-3-4-6-15(14)19-11-22(17)21-16/h3-11H,2H2,1H3. The molecule has 0 amide bonds. The Hall–Kier alpha value is -3.08. The molecular formula is C18H14N4O. The predicted molar refractivity (Wildman–Crippen MR) is 89.4 cm³/mol. The zero-order valence-corrected chi connectivity index (χ0v) is 12.6. The van der Waals surface area contributed by atoms with E-state index in [1.807, 2.05) is 48.5 Å². The van der Waals surface area contributed by atoms with E-state index in [9.17, 15) is 4.79 Å². The number of aromatic nitrogens is 4. The topological polar surface area (TPSA) is 60.1 Å². The van der Waals surface area contributed by atoms with Crippen LogP contribution in [0.25, 0.3) is 27.8 Å². The number of hydrogen-bond donors (Lipinski definition) is 0. The van der Waals surface area contributed by atoms with Crippen molar-refractivity contribution >= 4 is 16.6 Å². The van der Waals surface area contributed by atoms with E-state index in [1.165, 1.54) is 5.56 Å². The molecule has 0 fully saturated rings. The average molecular weight is 302 g/mol. The first-order valence-corrected chi connectivity index (χ1v) is 7.50. The molecule has 4 aromatic rings. The van der Waals surface area contributed by atoms with Crippen molar-refractivity contribution in [1.29, 1.82) is 0 Å². The number of hydrogen-bond acceptors (Lipinski definition) is 4. The highest BCUT2D eigenvalue weighted by Gasteiger charge is 2.10. The summed E-state index contributed by atoms with van der Waals surface area (Å²) >= 11 is 0. The Morgan fingerprint density at radius 1 is 1.04 bits per heavy atom. The molecule has 0 atom stereocenters. The summed E-state index contributed by atoms with van der Waals surface area (Å²) in [5.41, 5.74) is 3.31. The van der Waals surface area contributed by atoms with Gasteiger partial charge in [0.1, 0.15) is 6.33 Å². The zero-order valence-electron chi connectivity index (χ0n) is 12.6. The molecule has 2 aromatic carbocycles. The molecular weight excluding hydrogens is 288 g/mol. The summed E-state index contributed by atoms with van der Waals surface area (Å²) in [5.74, 6) is 0. The predicted octanol–water partition coefficient (Wildman–Crippen LogP) is 2.87. The SMILES string of the molecule is CCc1ccc(-c2nn3cnc4ccccc4c3nc2=O)cc1. The molecule has 0 unspecified atom stereocenters. The van der Waals surface area contributed by atoms with Crippen molar-refractivity contribution in [3.8, 4) is 11.3 Å². The van der Waals surface area contributed by atoms with Crippen LogP contribution >= 0.6 is 0 Å². The molecule has 0 aliphatic rings. The third-order valence-electron chi connectivity index (χ3n) is 3.92. The second-order valence-electron chi connectivity index (χ2n) is 5.35. The van der Waals surface area contributed by atoms with E-state index < -0.39 is 0 Å². The van der Waals surface area contributed by atoms with Crippen LogP contribution in [0.5, 0.6) is 0 Å². The van der Waals surface area contributed by atoms with Crippen molar-refractivity contribution in [3.05, 3.63) is 70.8 Å². The Bertz CT molecular complexity index is 1070. The molecule has 0 radical (unpaired) electrons. The van der Waals surface area contributed by atoms with Crippen LogP contribution in [0.1, 0.15) is 12.5 Å². The van der Waals surface area contributed by atoms with Crippen LogP contribution in [0.3, 0.4) is 0 Å². The lowest BCUT2D eigenvalue weighted by molar-refractivity contribution is 0.871. The monoisotopic (exact) mass is 302 g/mol. The van der Waals surface area contributed by atoms with Crippen molar-refractivity contribution in [2.75, 3.05) is 0 Å². The van der Waals surface area contributed by atoms with Gasteiger partial charge in [-0.15, -0.1) is 0 Å². The minimum absolute atomic E-state index is 0.328. The van der Waals surface area contributed by atoms with Gasteiger partial charge in [-0.2, -0.15) is 10.1 Å². The average Bonchev–Trinajstić information content (AvgIpc) is 2.61. The van der Waals surface area contributed by atoms with Crippen LogP contribution < -0.4 is 5.56 Å². The Kier molecular flexibility index (Phi) is 3.12. The summed E-state index contributed by atoms with van der Waals surface area (Å²) in [6.07, 6.45) is 2.55. The van der Waals surface area contributed by atoms with E-state index in [0.717, 1.165) is 22.9 Å². The van der Waals surface area contributed by atoms with E-state index in [4.69, 9.17) is 0 Å². The van der Waals surface area contributed by atoms with Gasteiger partial charge >= 0.3 is 0 Å². The van der Waals surface area contributed by atoms with Crippen LogP contribution in [-0.4, -0.2) is 19.6 Å². The van der Waals surface area contributed by atoms with Gasteiger partial charge in [-0.3, -0.25) is 4.79 Å². The van der Waals surface area contributed by atoms with Crippen LogP contribution in [0.2, 0.25) is 0 Å². The molecule has 112 valence electrons. The molecule has 5 heteroatoms. The lowest BCUT2D eigenvalue weighted by Gasteiger charge is -2.06. The molecule has 0 saturated carbocycles. The maximum absolute atomic E-state index is 12.4. The number of rotatable bonds is 2. The minimum atomic E-state index is -0.328. The van der Waals surface area contributed by atoms with E-state index >= 15 is 0 Å². The first kappa shape index (κ1) is 13.6. The lowest BCUT2D eigenvalue weighted by atomic mass is 10.1. The van der Waals surface area contributed by atoms with Crippen LogP contribution in [0.15, 0.2) is 59.7 Å². The van der Waals surface area contributed by atoms with Gasteiger partial charge < -0.3 is 0 Å². The molecule has 2 aromatic heterocycles. The highest BCUT2D eigenvalue weighted by molar-refractivity contribution is 5.90. The van der Waals surface area contributed by atoms with Crippen LogP contribution in [0.4, 0.5) is 0 Å². The second-order valence-corrected chi connectivity index (χ2v) is 5.35. The number of para-hydroxylation sites is 1. The van der Waals surface area contributed by atoms with Crippen molar-refractivity contribution < 1.29 is 0 Å². The van der Waals surface area contributed by atoms with Gasteiger partial charge in [0.25, 0.3) is 5.56 Å². The maximum Gasteiger partial charge on any atom is 0.300 e. The quantitative estimate of drug-likeness (QED) is 0.534. The highest BCUT2D eigenvalue weighted by Crippen LogP contribution is 2.17. The molecule has 0 aliphatic heterocycles. The number of fused-ring (bicyclic) bond motifs is 3. The normalized spacial score (nSPS) is 11.2. The smallest absolute Gasteiger partial charge is 0.265 e. The Balaban J connectivity index is 1.96. The van der Waals surface area contributed by atoms with Gasteiger partial charge in [0, 0.05) is 10.9 Å². The molecule has 0 bridgehead atoms. The Labute approximate surface area is 132 Å². The zero-order chi connectivity index (χ0) is 15.8. The fraction of sp³-hybridized carbons (Fsp3) is 0.111. The van der Waals surface area contributed by atoms with Crippen LogP contribution in [0, 0.1) is 0 Å². The largest absolute Gasteiger partial charge is 0.300 e. The van der Waals surface area contributed by atoms with Gasteiger partial charge in [0.05, 0.1) is 5.52 Å². The summed E-state index contributed by atoms with van der Waals surface area (Å²) < 4.78 is 1.56.